The predicted octanol–water partition coefficient (Wildman–Crippen LogP) is 2.80. The second-order valence-electron chi connectivity index (χ2n) is 3.67. The molecule has 0 aliphatic carbocycles. The number of nitrogens with zero attached hydrogens (tertiary/aromatic N) is 1. The van der Waals surface area contributed by atoms with Crippen LogP contribution in [0.5, 0.6) is 0 Å². The highest BCUT2D eigenvalue weighted by Crippen LogP contribution is 2.25. The first-order valence-corrected chi connectivity index (χ1v) is 5.49. The summed E-state index contributed by atoms with van der Waals surface area (Å²) in [6, 6.07) is 4.99. The summed E-state index contributed by atoms with van der Waals surface area (Å²) < 4.78 is 0. The van der Waals surface area contributed by atoms with Crippen LogP contribution in [0.15, 0.2) is 30.4 Å². The molecule has 1 aliphatic heterocycles. The summed E-state index contributed by atoms with van der Waals surface area (Å²) >= 11 is 5.80. The van der Waals surface area contributed by atoms with Crippen molar-refractivity contribution in [2.75, 3.05) is 18.0 Å². The molecule has 0 saturated heterocycles. The average molecular weight is 238 g/mol. The van der Waals surface area contributed by atoms with Gasteiger partial charge < -0.3 is 10.0 Å². The van der Waals surface area contributed by atoms with E-state index in [9.17, 15) is 4.79 Å². The number of carboxylic acid groups (broad SMARTS) is 1. The van der Waals surface area contributed by atoms with Crippen molar-refractivity contribution < 1.29 is 9.90 Å². The van der Waals surface area contributed by atoms with E-state index in [1.807, 2.05) is 11.0 Å². The van der Waals surface area contributed by atoms with Crippen molar-refractivity contribution >= 4 is 23.3 Å². The molecule has 1 aromatic carbocycles. The highest BCUT2D eigenvalue weighted by Gasteiger charge is 2.16. The van der Waals surface area contributed by atoms with Crippen LogP contribution in [-0.4, -0.2) is 24.2 Å². The number of carboxylic acids is 1. The van der Waals surface area contributed by atoms with Gasteiger partial charge in [-0.05, 0) is 24.6 Å². The van der Waals surface area contributed by atoms with Crippen molar-refractivity contribution in [2.24, 2.45) is 0 Å². The number of carbonyl (C=O) groups is 1. The summed E-state index contributed by atoms with van der Waals surface area (Å²) in [5, 5.41) is 9.57. The van der Waals surface area contributed by atoms with E-state index >= 15 is 0 Å². The summed E-state index contributed by atoms with van der Waals surface area (Å²) in [6.45, 7) is 1.60. The molecular weight excluding hydrogens is 226 g/mol. The summed E-state index contributed by atoms with van der Waals surface area (Å²) in [5.41, 5.74) is 1.00. The lowest BCUT2D eigenvalue weighted by atomic mass is 10.1. The molecule has 0 aromatic heterocycles. The molecule has 0 amide bonds. The van der Waals surface area contributed by atoms with Crippen LogP contribution in [0.4, 0.5) is 5.69 Å². The van der Waals surface area contributed by atoms with Gasteiger partial charge in [0.25, 0.3) is 0 Å². The minimum Gasteiger partial charge on any atom is -0.478 e. The zero-order valence-corrected chi connectivity index (χ0v) is 9.44. The van der Waals surface area contributed by atoms with Gasteiger partial charge in [0.1, 0.15) is 0 Å². The van der Waals surface area contributed by atoms with Crippen molar-refractivity contribution in [3.63, 3.8) is 0 Å². The van der Waals surface area contributed by atoms with Crippen LogP contribution in [0.1, 0.15) is 16.8 Å². The fourth-order valence-electron chi connectivity index (χ4n) is 1.82. The van der Waals surface area contributed by atoms with Crippen molar-refractivity contribution in [1.82, 2.24) is 0 Å². The molecule has 1 N–H and O–H groups in total. The minimum absolute atomic E-state index is 0.266. The lowest BCUT2D eigenvalue weighted by Crippen LogP contribution is -2.28. The molecule has 0 saturated carbocycles. The van der Waals surface area contributed by atoms with E-state index < -0.39 is 5.97 Å². The van der Waals surface area contributed by atoms with Crippen molar-refractivity contribution in [1.29, 1.82) is 0 Å². The Kier molecular flexibility index (Phi) is 3.15. The van der Waals surface area contributed by atoms with Gasteiger partial charge in [-0.1, -0.05) is 23.8 Å². The predicted molar refractivity (Wildman–Crippen MR) is 64.4 cm³/mol. The Bertz CT molecular complexity index is 443. The first kappa shape index (κ1) is 11.0. The fraction of sp³-hybridized carbons (Fsp3) is 0.250. The Hall–Kier alpha value is -1.48. The molecular formula is C12H12ClNO2. The summed E-state index contributed by atoms with van der Waals surface area (Å²) in [5.74, 6) is -0.938. The van der Waals surface area contributed by atoms with Gasteiger partial charge in [-0.25, -0.2) is 4.79 Å². The van der Waals surface area contributed by atoms with E-state index in [1.54, 1.807) is 12.1 Å². The maximum atomic E-state index is 11.1. The lowest BCUT2D eigenvalue weighted by Gasteiger charge is -2.27. The van der Waals surface area contributed by atoms with Gasteiger partial charge in [-0.3, -0.25) is 0 Å². The smallest absolute Gasteiger partial charge is 0.337 e. The fourth-order valence-corrected chi connectivity index (χ4v) is 1.99. The molecule has 0 atom stereocenters. The number of aromatic carboxylic acids is 1. The Morgan fingerprint density at radius 2 is 2.19 bits per heavy atom. The summed E-state index contributed by atoms with van der Waals surface area (Å²) in [7, 11) is 0. The second-order valence-corrected chi connectivity index (χ2v) is 4.11. The Morgan fingerprint density at radius 3 is 2.81 bits per heavy atom. The minimum atomic E-state index is -0.938. The monoisotopic (exact) mass is 237 g/mol. The molecule has 2 rings (SSSR count). The Balaban J connectivity index is 2.39. The van der Waals surface area contributed by atoms with Gasteiger partial charge in [-0.2, -0.15) is 0 Å². The molecule has 0 radical (unpaired) electrons. The largest absolute Gasteiger partial charge is 0.478 e. The third-order valence-corrected chi connectivity index (χ3v) is 2.82. The third-order valence-electron chi connectivity index (χ3n) is 2.59. The SMILES string of the molecule is O=C(O)c1cc(Cl)ccc1N1CC=CCC1. The quantitative estimate of drug-likeness (QED) is 0.805. The van der Waals surface area contributed by atoms with Crippen LogP contribution >= 0.6 is 11.6 Å². The van der Waals surface area contributed by atoms with Gasteiger partial charge in [0.05, 0.1) is 11.3 Å². The van der Waals surface area contributed by atoms with Gasteiger partial charge in [0.15, 0.2) is 0 Å². The molecule has 84 valence electrons. The van der Waals surface area contributed by atoms with E-state index in [0.29, 0.717) is 5.02 Å². The van der Waals surface area contributed by atoms with E-state index in [0.717, 1.165) is 25.2 Å². The first-order valence-electron chi connectivity index (χ1n) is 5.11. The number of hydrogen-bond acceptors (Lipinski definition) is 2. The second kappa shape index (κ2) is 4.58. The zero-order chi connectivity index (χ0) is 11.5. The highest BCUT2D eigenvalue weighted by molar-refractivity contribution is 6.31. The number of halogens is 1. The zero-order valence-electron chi connectivity index (χ0n) is 8.69. The van der Waals surface area contributed by atoms with Crippen LogP contribution in [0.3, 0.4) is 0 Å². The van der Waals surface area contributed by atoms with E-state index in [2.05, 4.69) is 6.08 Å². The third kappa shape index (κ3) is 2.19. The number of anilines is 1. The Labute approximate surface area is 98.9 Å². The molecule has 0 bridgehead atoms. The van der Waals surface area contributed by atoms with Gasteiger partial charge >= 0.3 is 5.97 Å². The van der Waals surface area contributed by atoms with E-state index in [-0.39, 0.29) is 5.56 Å². The number of benzene rings is 1. The van der Waals surface area contributed by atoms with Crippen LogP contribution in [0.2, 0.25) is 5.02 Å². The van der Waals surface area contributed by atoms with Gasteiger partial charge in [-0.15, -0.1) is 0 Å². The van der Waals surface area contributed by atoms with Crippen LogP contribution in [0, 0.1) is 0 Å². The topological polar surface area (TPSA) is 40.5 Å². The maximum absolute atomic E-state index is 11.1. The molecule has 1 aromatic rings. The van der Waals surface area contributed by atoms with Crippen molar-refractivity contribution in [3.05, 3.63) is 40.9 Å². The van der Waals surface area contributed by atoms with E-state index in [1.165, 1.54) is 6.07 Å². The van der Waals surface area contributed by atoms with Crippen molar-refractivity contribution in [2.45, 2.75) is 6.42 Å². The lowest BCUT2D eigenvalue weighted by molar-refractivity contribution is 0.0697. The molecule has 16 heavy (non-hydrogen) atoms. The van der Waals surface area contributed by atoms with Crippen LogP contribution < -0.4 is 4.90 Å². The van der Waals surface area contributed by atoms with Crippen molar-refractivity contribution in [3.8, 4) is 0 Å². The van der Waals surface area contributed by atoms with Crippen LogP contribution in [0.25, 0.3) is 0 Å². The van der Waals surface area contributed by atoms with E-state index in [4.69, 9.17) is 16.7 Å². The average Bonchev–Trinajstić information content (AvgIpc) is 2.30. The molecule has 1 heterocycles. The van der Waals surface area contributed by atoms with Gasteiger partial charge in [0, 0.05) is 18.1 Å². The van der Waals surface area contributed by atoms with Gasteiger partial charge in [0.2, 0.25) is 0 Å². The molecule has 0 fully saturated rings. The molecule has 4 heteroatoms. The highest BCUT2D eigenvalue weighted by atomic mass is 35.5. The molecule has 1 aliphatic rings. The molecule has 3 nitrogen and oxygen atoms in total. The number of rotatable bonds is 2. The van der Waals surface area contributed by atoms with Crippen LogP contribution in [-0.2, 0) is 0 Å². The summed E-state index contributed by atoms with van der Waals surface area (Å²) in [4.78, 5) is 13.2. The normalized spacial score (nSPS) is 15.2. The maximum Gasteiger partial charge on any atom is 0.337 e. The molecule has 0 unspecified atom stereocenters. The standard InChI is InChI=1S/C12H12ClNO2/c13-9-4-5-11(10(8-9)12(15)16)14-6-2-1-3-7-14/h1-2,4-5,8H,3,6-7H2,(H,15,16). The Morgan fingerprint density at radius 1 is 1.38 bits per heavy atom. The number of hydrogen-bond donors (Lipinski definition) is 1. The summed E-state index contributed by atoms with van der Waals surface area (Å²) in [6.07, 6.45) is 5.10. The first-order chi connectivity index (χ1) is 7.68. The molecule has 0 spiro atoms.